The number of urea groups is 1. The maximum absolute atomic E-state index is 12.3. The number of nitrogens with one attached hydrogen (secondary N) is 3. The summed E-state index contributed by atoms with van der Waals surface area (Å²) < 4.78 is 5.71. The van der Waals surface area contributed by atoms with Gasteiger partial charge in [-0.2, -0.15) is 0 Å². The van der Waals surface area contributed by atoms with Crippen molar-refractivity contribution in [3.05, 3.63) is 64.7 Å². The van der Waals surface area contributed by atoms with E-state index in [1.54, 1.807) is 24.0 Å². The Hall–Kier alpha value is -3.46. The highest BCUT2D eigenvalue weighted by atomic mass is 32.1. The number of anilines is 1. The van der Waals surface area contributed by atoms with E-state index in [-0.39, 0.29) is 12.1 Å². The molecule has 4 aromatic rings. The zero-order valence-corrected chi connectivity index (χ0v) is 15.9. The van der Waals surface area contributed by atoms with Crippen molar-refractivity contribution >= 4 is 34.1 Å². The van der Waals surface area contributed by atoms with E-state index >= 15 is 0 Å². The zero-order valence-electron chi connectivity index (χ0n) is 15.0. The molecule has 0 aliphatic carbocycles. The first-order valence-corrected chi connectivity index (χ1v) is 9.54. The fourth-order valence-corrected chi connectivity index (χ4v) is 3.20. The number of carbonyl (C=O) groups excluding carboxylic acids is 1. The van der Waals surface area contributed by atoms with Gasteiger partial charge in [-0.15, -0.1) is 16.4 Å². The Morgan fingerprint density at radius 1 is 1.29 bits per heavy atom. The van der Waals surface area contributed by atoms with Crippen molar-refractivity contribution in [2.24, 2.45) is 0 Å². The molecule has 3 heterocycles. The lowest BCUT2D eigenvalue weighted by Gasteiger charge is -2.14. The molecule has 0 bridgehead atoms. The number of pyridine rings is 1. The van der Waals surface area contributed by atoms with Crippen molar-refractivity contribution in [1.29, 1.82) is 0 Å². The molecule has 1 atom stereocenters. The summed E-state index contributed by atoms with van der Waals surface area (Å²) in [6.07, 6.45) is 3.38. The van der Waals surface area contributed by atoms with Gasteiger partial charge in [-0.1, -0.05) is 30.3 Å². The minimum absolute atomic E-state index is 0.121. The third-order valence-corrected chi connectivity index (χ3v) is 4.89. The van der Waals surface area contributed by atoms with E-state index in [2.05, 4.69) is 30.8 Å². The summed E-state index contributed by atoms with van der Waals surface area (Å²) in [6.45, 7) is 2.32. The van der Waals surface area contributed by atoms with Gasteiger partial charge >= 0.3 is 6.03 Å². The van der Waals surface area contributed by atoms with Crippen LogP contribution in [0.3, 0.4) is 0 Å². The molecule has 0 saturated carbocycles. The van der Waals surface area contributed by atoms with Crippen LogP contribution in [0.5, 0.6) is 5.88 Å². The summed E-state index contributed by atoms with van der Waals surface area (Å²) >= 11 is 1.52. The monoisotopic (exact) mass is 394 g/mol. The second-order valence-corrected chi connectivity index (χ2v) is 7.10. The normalized spacial score (nSPS) is 11.9. The summed E-state index contributed by atoms with van der Waals surface area (Å²) in [6, 6.07) is 11.0. The van der Waals surface area contributed by atoms with Crippen LogP contribution >= 0.6 is 11.3 Å². The van der Waals surface area contributed by atoms with Gasteiger partial charge in [-0.3, -0.25) is 15.4 Å². The minimum atomic E-state index is -0.329. The number of H-pyrrole nitrogens is 1. The Labute approximate surface area is 165 Å². The van der Waals surface area contributed by atoms with Crippen LogP contribution in [0.4, 0.5) is 10.6 Å². The number of nitrogens with zero attached hydrogens (tertiary/aromatic N) is 3. The second kappa shape index (κ2) is 8.05. The lowest BCUT2D eigenvalue weighted by Crippen LogP contribution is -2.31. The Bertz CT molecular complexity index is 1060. The van der Waals surface area contributed by atoms with Crippen molar-refractivity contribution < 1.29 is 9.53 Å². The van der Waals surface area contributed by atoms with Crippen LogP contribution in [0.2, 0.25) is 0 Å². The van der Waals surface area contributed by atoms with Gasteiger partial charge in [0.2, 0.25) is 5.88 Å². The number of rotatable bonds is 6. The zero-order chi connectivity index (χ0) is 19.3. The van der Waals surface area contributed by atoms with E-state index in [0.717, 1.165) is 21.3 Å². The number of aromatic amines is 1. The highest BCUT2D eigenvalue weighted by Crippen LogP contribution is 2.24. The van der Waals surface area contributed by atoms with Crippen molar-refractivity contribution in [2.45, 2.75) is 19.6 Å². The highest BCUT2D eigenvalue weighted by molar-refractivity contribution is 7.09. The molecule has 3 N–H and O–H groups in total. The predicted octanol–water partition coefficient (Wildman–Crippen LogP) is 3.88. The number of aromatic nitrogens is 4. The molecule has 0 aliphatic rings. The van der Waals surface area contributed by atoms with Crippen LogP contribution < -0.4 is 15.4 Å². The number of hydrogen-bond donors (Lipinski definition) is 3. The number of thiazole rings is 1. The quantitative estimate of drug-likeness (QED) is 0.460. The first-order valence-electron chi connectivity index (χ1n) is 8.66. The molecule has 28 heavy (non-hydrogen) atoms. The van der Waals surface area contributed by atoms with Crippen LogP contribution in [-0.4, -0.2) is 26.2 Å². The molecule has 3 aromatic heterocycles. The molecular formula is C19H18N6O2S. The molecule has 0 saturated heterocycles. The van der Waals surface area contributed by atoms with Crippen LogP contribution in [0.1, 0.15) is 23.4 Å². The van der Waals surface area contributed by atoms with Crippen LogP contribution in [0.15, 0.2) is 54.3 Å². The molecule has 4 rings (SSSR count). The molecule has 1 aromatic carbocycles. The van der Waals surface area contributed by atoms with Gasteiger partial charge in [0.15, 0.2) is 0 Å². The molecular weight excluding hydrogens is 376 g/mol. The van der Waals surface area contributed by atoms with E-state index in [4.69, 9.17) is 4.74 Å². The van der Waals surface area contributed by atoms with Crippen LogP contribution in [0.25, 0.3) is 10.9 Å². The lowest BCUT2D eigenvalue weighted by molar-refractivity contribution is 0.249. The fourth-order valence-electron chi connectivity index (χ4n) is 2.69. The van der Waals surface area contributed by atoms with E-state index < -0.39 is 0 Å². The minimum Gasteiger partial charge on any atom is -0.470 e. The van der Waals surface area contributed by atoms with E-state index in [9.17, 15) is 4.79 Å². The second-order valence-electron chi connectivity index (χ2n) is 6.13. The Kier molecular flexibility index (Phi) is 5.16. The third kappa shape index (κ3) is 4.09. The summed E-state index contributed by atoms with van der Waals surface area (Å²) in [4.78, 5) is 21.6. The maximum Gasteiger partial charge on any atom is 0.320 e. The first kappa shape index (κ1) is 17.9. The average Bonchev–Trinajstić information content (AvgIpc) is 3.36. The smallest absolute Gasteiger partial charge is 0.320 e. The standard InChI is InChI=1S/C19H18N6O2S/c1-12(13-5-3-2-4-6-13)22-19(26)23-17-7-16-15(9-21-17)18(25-24-16)27-10-14-8-20-11-28-14/h2-9,11-12H,10H2,1H3,(H,24,25)(H2,21,22,23,26). The predicted molar refractivity (Wildman–Crippen MR) is 107 cm³/mol. The molecule has 0 aliphatic heterocycles. The SMILES string of the molecule is CC(NC(=O)Nc1cc2[nH]nc(OCc3cncs3)c2cn1)c1ccccc1. The van der Waals surface area contributed by atoms with E-state index in [0.29, 0.717) is 18.3 Å². The van der Waals surface area contributed by atoms with Crippen molar-refractivity contribution in [3.8, 4) is 5.88 Å². The Morgan fingerprint density at radius 3 is 2.93 bits per heavy atom. The van der Waals surface area contributed by atoms with E-state index in [1.807, 2.05) is 37.3 Å². The summed E-state index contributed by atoms with van der Waals surface area (Å²) in [7, 11) is 0. The summed E-state index contributed by atoms with van der Waals surface area (Å²) in [5.74, 6) is 0.882. The molecule has 0 fully saturated rings. The first-order chi connectivity index (χ1) is 13.7. The van der Waals surface area contributed by atoms with Gasteiger partial charge < -0.3 is 10.1 Å². The average molecular weight is 394 g/mol. The van der Waals surface area contributed by atoms with Gasteiger partial charge in [-0.05, 0) is 12.5 Å². The van der Waals surface area contributed by atoms with Crippen molar-refractivity contribution in [3.63, 3.8) is 0 Å². The number of carbonyl (C=O) groups is 1. The maximum atomic E-state index is 12.3. The summed E-state index contributed by atoms with van der Waals surface area (Å²) in [5, 5.41) is 13.4. The lowest BCUT2D eigenvalue weighted by atomic mass is 10.1. The number of amides is 2. The Balaban J connectivity index is 1.40. The highest BCUT2D eigenvalue weighted by Gasteiger charge is 2.12. The molecule has 1 unspecified atom stereocenters. The van der Waals surface area contributed by atoms with Crippen molar-refractivity contribution in [1.82, 2.24) is 25.5 Å². The van der Waals surface area contributed by atoms with Gasteiger partial charge in [0.25, 0.3) is 0 Å². The van der Waals surface area contributed by atoms with Gasteiger partial charge in [0.1, 0.15) is 12.4 Å². The largest absolute Gasteiger partial charge is 0.470 e. The van der Waals surface area contributed by atoms with Gasteiger partial charge in [0.05, 0.1) is 27.3 Å². The molecule has 142 valence electrons. The summed E-state index contributed by atoms with van der Waals surface area (Å²) in [5.41, 5.74) is 3.50. The molecule has 8 nitrogen and oxygen atoms in total. The topological polar surface area (TPSA) is 105 Å². The van der Waals surface area contributed by atoms with Gasteiger partial charge in [0, 0.05) is 18.5 Å². The molecule has 0 radical (unpaired) electrons. The molecule has 9 heteroatoms. The molecule has 0 spiro atoms. The number of fused-ring (bicyclic) bond motifs is 1. The van der Waals surface area contributed by atoms with Gasteiger partial charge in [-0.25, -0.2) is 9.78 Å². The van der Waals surface area contributed by atoms with Crippen LogP contribution in [-0.2, 0) is 6.61 Å². The van der Waals surface area contributed by atoms with Crippen molar-refractivity contribution in [2.75, 3.05) is 5.32 Å². The van der Waals surface area contributed by atoms with Crippen LogP contribution in [0, 0.1) is 0 Å². The third-order valence-electron chi connectivity index (χ3n) is 4.14. The fraction of sp³-hybridized carbons (Fsp3) is 0.158. The number of ether oxygens (including phenoxy) is 1. The molecule has 2 amide bonds. The number of hydrogen-bond acceptors (Lipinski definition) is 6. The Morgan fingerprint density at radius 2 is 2.14 bits per heavy atom. The van der Waals surface area contributed by atoms with E-state index in [1.165, 1.54) is 11.3 Å². The number of benzene rings is 1.